The largest absolute Gasteiger partial charge is 0.394 e. The van der Waals surface area contributed by atoms with Crippen molar-refractivity contribution in [1.82, 2.24) is 5.32 Å². The molecule has 2 nitrogen and oxygen atoms in total. The first-order chi connectivity index (χ1) is 12.7. The van der Waals surface area contributed by atoms with E-state index in [0.717, 1.165) is 36.2 Å². The minimum absolute atomic E-state index is 0.183. The van der Waals surface area contributed by atoms with Crippen LogP contribution in [0.2, 0.25) is 0 Å². The third kappa shape index (κ3) is 4.05. The number of halogens is 1. The predicted octanol–water partition coefficient (Wildman–Crippen LogP) is 4.80. The Balaban J connectivity index is 1.38. The van der Waals surface area contributed by atoms with Crippen molar-refractivity contribution < 1.29 is 5.11 Å². The third-order valence-electron chi connectivity index (χ3n) is 6.31. The van der Waals surface area contributed by atoms with Crippen LogP contribution in [0.3, 0.4) is 0 Å². The average Bonchev–Trinajstić information content (AvgIpc) is 2.64. The SMILES string of the molecule is OCC1(NCc2ccc(CC3CCC3)cc2)CCc2cc(Br)ccc2C1. The van der Waals surface area contributed by atoms with Gasteiger partial charge < -0.3 is 10.4 Å². The molecule has 2 N–H and O–H groups in total. The van der Waals surface area contributed by atoms with Gasteiger partial charge in [-0.25, -0.2) is 0 Å². The fourth-order valence-corrected chi connectivity index (χ4v) is 4.69. The number of hydrogen-bond donors (Lipinski definition) is 2. The van der Waals surface area contributed by atoms with Gasteiger partial charge in [0.2, 0.25) is 0 Å². The van der Waals surface area contributed by atoms with Crippen LogP contribution in [0.25, 0.3) is 0 Å². The lowest BCUT2D eigenvalue weighted by Gasteiger charge is -2.38. The van der Waals surface area contributed by atoms with Crippen LogP contribution >= 0.6 is 15.9 Å². The molecule has 1 saturated carbocycles. The van der Waals surface area contributed by atoms with E-state index in [-0.39, 0.29) is 12.1 Å². The zero-order valence-corrected chi connectivity index (χ0v) is 16.9. The molecule has 1 fully saturated rings. The molecule has 2 aliphatic carbocycles. The summed E-state index contributed by atoms with van der Waals surface area (Å²) in [6.07, 6.45) is 8.35. The first kappa shape index (κ1) is 18.2. The Morgan fingerprint density at radius 1 is 1.04 bits per heavy atom. The molecule has 3 heteroatoms. The van der Waals surface area contributed by atoms with Crippen LogP contribution < -0.4 is 5.32 Å². The van der Waals surface area contributed by atoms with Crippen LogP contribution in [0.4, 0.5) is 0 Å². The molecular weight excluding hydrogens is 386 g/mol. The van der Waals surface area contributed by atoms with Crippen molar-refractivity contribution in [3.8, 4) is 0 Å². The van der Waals surface area contributed by atoms with Crippen molar-refractivity contribution in [1.29, 1.82) is 0 Å². The number of aliphatic hydroxyl groups is 1. The van der Waals surface area contributed by atoms with E-state index in [9.17, 15) is 5.11 Å². The minimum Gasteiger partial charge on any atom is -0.394 e. The maximum absolute atomic E-state index is 10.1. The first-order valence-corrected chi connectivity index (χ1v) is 10.7. The molecule has 0 aromatic heterocycles. The van der Waals surface area contributed by atoms with Gasteiger partial charge in [-0.2, -0.15) is 0 Å². The molecule has 2 aromatic carbocycles. The van der Waals surface area contributed by atoms with Crippen LogP contribution in [0.5, 0.6) is 0 Å². The molecule has 1 unspecified atom stereocenters. The third-order valence-corrected chi connectivity index (χ3v) is 6.81. The number of aryl methyl sites for hydroxylation is 1. The summed E-state index contributed by atoms with van der Waals surface area (Å²) in [6.45, 7) is 0.998. The van der Waals surface area contributed by atoms with E-state index in [1.807, 2.05) is 0 Å². The van der Waals surface area contributed by atoms with E-state index in [2.05, 4.69) is 63.7 Å². The zero-order valence-electron chi connectivity index (χ0n) is 15.3. The lowest BCUT2D eigenvalue weighted by molar-refractivity contribution is 0.143. The molecule has 4 rings (SSSR count). The Hall–Kier alpha value is -1.16. The van der Waals surface area contributed by atoms with Crippen LogP contribution in [0.15, 0.2) is 46.9 Å². The highest BCUT2D eigenvalue weighted by molar-refractivity contribution is 9.10. The number of rotatable bonds is 6. The van der Waals surface area contributed by atoms with Crippen molar-refractivity contribution in [2.75, 3.05) is 6.61 Å². The maximum Gasteiger partial charge on any atom is 0.0616 e. The molecule has 0 spiro atoms. The molecule has 0 radical (unpaired) electrons. The zero-order chi connectivity index (χ0) is 18.0. The maximum atomic E-state index is 10.1. The van der Waals surface area contributed by atoms with Gasteiger partial charge in [0.1, 0.15) is 0 Å². The lowest BCUT2D eigenvalue weighted by Crippen LogP contribution is -2.52. The van der Waals surface area contributed by atoms with Crippen molar-refractivity contribution in [2.45, 2.75) is 57.0 Å². The Bertz CT molecular complexity index is 753. The summed E-state index contributed by atoms with van der Waals surface area (Å²) in [7, 11) is 0. The van der Waals surface area contributed by atoms with Gasteiger partial charge in [0.05, 0.1) is 6.61 Å². The molecule has 1 atom stereocenters. The summed E-state index contributed by atoms with van der Waals surface area (Å²) in [4.78, 5) is 0. The second-order valence-electron chi connectivity index (χ2n) is 8.20. The molecule has 26 heavy (non-hydrogen) atoms. The number of hydrogen-bond acceptors (Lipinski definition) is 2. The van der Waals surface area contributed by atoms with Crippen LogP contribution in [0.1, 0.15) is 47.9 Å². The quantitative estimate of drug-likeness (QED) is 0.712. The molecule has 0 aliphatic heterocycles. The topological polar surface area (TPSA) is 32.3 Å². The Morgan fingerprint density at radius 2 is 1.81 bits per heavy atom. The monoisotopic (exact) mass is 413 g/mol. The van der Waals surface area contributed by atoms with E-state index >= 15 is 0 Å². The molecule has 0 bridgehead atoms. The molecule has 0 amide bonds. The van der Waals surface area contributed by atoms with Crippen LogP contribution in [-0.2, 0) is 25.8 Å². The van der Waals surface area contributed by atoms with Gasteiger partial charge in [-0.15, -0.1) is 0 Å². The predicted molar refractivity (Wildman–Crippen MR) is 110 cm³/mol. The Kier molecular flexibility index (Phi) is 5.49. The summed E-state index contributed by atoms with van der Waals surface area (Å²) in [5.41, 5.74) is 5.33. The fraction of sp³-hybridized carbons (Fsp3) is 0.478. The van der Waals surface area contributed by atoms with Crippen LogP contribution in [0, 0.1) is 5.92 Å². The van der Waals surface area contributed by atoms with E-state index in [0.29, 0.717) is 0 Å². The van der Waals surface area contributed by atoms with E-state index in [4.69, 9.17) is 0 Å². The summed E-state index contributed by atoms with van der Waals surface area (Å²) in [5, 5.41) is 13.8. The van der Waals surface area contributed by atoms with Gasteiger partial charge >= 0.3 is 0 Å². The smallest absolute Gasteiger partial charge is 0.0616 e. The molecule has 2 aliphatic rings. The van der Waals surface area contributed by atoms with Gasteiger partial charge in [-0.05, 0) is 66.0 Å². The van der Waals surface area contributed by atoms with E-state index < -0.39 is 0 Å². The summed E-state index contributed by atoms with van der Waals surface area (Å²) >= 11 is 3.56. The number of aliphatic hydroxyl groups excluding tert-OH is 1. The van der Waals surface area contributed by atoms with E-state index in [1.54, 1.807) is 0 Å². The Labute approximate surface area is 165 Å². The van der Waals surface area contributed by atoms with E-state index in [1.165, 1.54) is 47.9 Å². The number of nitrogens with one attached hydrogen (secondary N) is 1. The van der Waals surface area contributed by atoms with Crippen molar-refractivity contribution in [3.05, 3.63) is 69.2 Å². The highest BCUT2D eigenvalue weighted by atomic mass is 79.9. The molecule has 138 valence electrons. The summed E-state index contributed by atoms with van der Waals surface area (Å²) in [6, 6.07) is 15.6. The molecule has 2 aromatic rings. The van der Waals surface area contributed by atoms with Gasteiger partial charge in [-0.3, -0.25) is 0 Å². The van der Waals surface area contributed by atoms with Gasteiger partial charge in [0, 0.05) is 16.6 Å². The lowest BCUT2D eigenvalue weighted by atomic mass is 9.78. The van der Waals surface area contributed by atoms with Crippen LogP contribution in [-0.4, -0.2) is 17.3 Å². The van der Waals surface area contributed by atoms with Gasteiger partial charge in [0.15, 0.2) is 0 Å². The number of benzene rings is 2. The molecular formula is C23H28BrNO. The van der Waals surface area contributed by atoms with Crippen molar-refractivity contribution in [3.63, 3.8) is 0 Å². The van der Waals surface area contributed by atoms with Crippen molar-refractivity contribution in [2.24, 2.45) is 5.92 Å². The van der Waals surface area contributed by atoms with Gasteiger partial charge in [-0.1, -0.05) is 65.5 Å². The normalized spacial score (nSPS) is 22.7. The minimum atomic E-state index is -0.203. The fourth-order valence-electron chi connectivity index (χ4n) is 4.28. The highest BCUT2D eigenvalue weighted by Crippen LogP contribution is 2.31. The Morgan fingerprint density at radius 3 is 2.50 bits per heavy atom. The molecule has 0 saturated heterocycles. The van der Waals surface area contributed by atoms with Crippen molar-refractivity contribution >= 4 is 15.9 Å². The second-order valence-corrected chi connectivity index (χ2v) is 9.12. The van der Waals surface area contributed by atoms with Gasteiger partial charge in [0.25, 0.3) is 0 Å². The first-order valence-electron chi connectivity index (χ1n) is 9.87. The standard InChI is InChI=1S/C23H28BrNO/c24-22-9-8-21-14-23(16-26,11-10-20(21)13-22)25-15-19-6-4-18(5-7-19)12-17-2-1-3-17/h4-9,13,17,25-26H,1-3,10-12,14-16H2. The molecule has 0 heterocycles. The summed E-state index contributed by atoms with van der Waals surface area (Å²) in [5.74, 6) is 0.916. The average molecular weight is 414 g/mol. The summed E-state index contributed by atoms with van der Waals surface area (Å²) < 4.78 is 1.14. The number of fused-ring (bicyclic) bond motifs is 1. The highest BCUT2D eigenvalue weighted by Gasteiger charge is 2.33. The second kappa shape index (κ2) is 7.84.